The molecule has 0 saturated carbocycles. The monoisotopic (exact) mass is 876 g/mol. The van der Waals surface area contributed by atoms with Gasteiger partial charge in [0.25, 0.3) is 0 Å². The number of carbonyl (C=O) groups is 2. The molecular weight excluding hydrogens is 779 g/mol. The van der Waals surface area contributed by atoms with Gasteiger partial charge in [-0.05, 0) is 89.9 Å². The van der Waals surface area contributed by atoms with E-state index >= 15 is 0 Å². The number of allylic oxidation sites excluding steroid dienone is 16. The predicted octanol–water partition coefficient (Wildman–Crippen LogP) is 15.7. The van der Waals surface area contributed by atoms with E-state index in [2.05, 4.69) is 117 Å². The van der Waals surface area contributed by atoms with Crippen molar-refractivity contribution in [1.82, 2.24) is 5.32 Å². The van der Waals surface area contributed by atoms with Gasteiger partial charge in [-0.3, -0.25) is 9.59 Å². The fourth-order valence-corrected chi connectivity index (χ4v) is 7.32. The predicted molar refractivity (Wildman–Crippen MR) is 273 cm³/mol. The molecule has 0 aromatic carbocycles. The highest BCUT2D eigenvalue weighted by Crippen LogP contribution is 2.17. The van der Waals surface area contributed by atoms with Crippen molar-refractivity contribution < 1.29 is 24.5 Å². The normalized spacial score (nSPS) is 14.0. The third-order valence-electron chi connectivity index (χ3n) is 11.2. The number of nitrogens with one attached hydrogen (secondary N) is 1. The Labute approximate surface area is 388 Å². The van der Waals surface area contributed by atoms with Gasteiger partial charge in [-0.25, -0.2) is 0 Å². The molecule has 0 aliphatic heterocycles. The molecule has 0 radical (unpaired) electrons. The van der Waals surface area contributed by atoms with Crippen LogP contribution in [0.3, 0.4) is 0 Å². The van der Waals surface area contributed by atoms with Gasteiger partial charge >= 0.3 is 5.97 Å². The molecule has 3 atom stereocenters. The second kappa shape index (κ2) is 49.8. The molecule has 0 aromatic rings. The molecule has 0 heterocycles. The third kappa shape index (κ3) is 45.2. The van der Waals surface area contributed by atoms with Gasteiger partial charge in [0, 0.05) is 6.42 Å². The summed E-state index contributed by atoms with van der Waals surface area (Å²) in [7, 11) is 0. The van der Waals surface area contributed by atoms with Gasteiger partial charge in [0.15, 0.2) is 0 Å². The zero-order valence-electron chi connectivity index (χ0n) is 40.9. The Kier molecular flexibility index (Phi) is 47.2. The highest BCUT2D eigenvalue weighted by atomic mass is 16.5. The molecular formula is C57H97NO5. The standard InChI is InChI=1S/C57H97NO5/c1-4-7-10-13-16-19-22-25-28-29-32-35-38-41-44-47-50-57(62)63-53(48-45-42-39-36-33-30-26-23-20-17-14-11-8-5-2)51-56(61)58-54(52-59)55(60)49-46-43-40-37-34-31-27-24-21-18-15-12-9-6-3/h7-8,10-11,16-17,19-20,25-26,28,30,32,35,41,44,53-55,59-60H,4-6,9,12-15,18,21-24,27,29,31,33-34,36-40,42-43,45-52H2,1-3H3,(H,58,61)/b10-7+,11-8+,19-16+,20-17+,28-25+,30-26+,35-32+,44-41+. The number of aliphatic hydroxyl groups is 2. The smallest absolute Gasteiger partial charge is 0.306 e. The molecule has 0 aliphatic rings. The molecule has 6 heteroatoms. The van der Waals surface area contributed by atoms with Crippen LogP contribution in [0.4, 0.5) is 0 Å². The minimum absolute atomic E-state index is 0.0278. The number of aliphatic hydroxyl groups excluding tert-OH is 2. The average Bonchev–Trinajstić information content (AvgIpc) is 3.28. The van der Waals surface area contributed by atoms with E-state index < -0.39 is 18.2 Å². The lowest BCUT2D eigenvalue weighted by molar-refractivity contribution is -0.150. The zero-order chi connectivity index (χ0) is 45.9. The summed E-state index contributed by atoms with van der Waals surface area (Å²) in [5.74, 6) is -0.601. The van der Waals surface area contributed by atoms with E-state index in [4.69, 9.17) is 4.74 Å². The van der Waals surface area contributed by atoms with E-state index in [-0.39, 0.29) is 31.3 Å². The van der Waals surface area contributed by atoms with Crippen LogP contribution < -0.4 is 5.32 Å². The summed E-state index contributed by atoms with van der Waals surface area (Å²) in [6, 6.07) is -0.729. The van der Waals surface area contributed by atoms with E-state index in [0.717, 1.165) is 103 Å². The first-order chi connectivity index (χ1) is 31.0. The molecule has 63 heavy (non-hydrogen) atoms. The molecule has 0 rings (SSSR count). The highest BCUT2D eigenvalue weighted by Gasteiger charge is 2.24. The van der Waals surface area contributed by atoms with E-state index in [9.17, 15) is 19.8 Å². The number of hydrogen-bond donors (Lipinski definition) is 3. The molecule has 3 unspecified atom stereocenters. The third-order valence-corrected chi connectivity index (χ3v) is 11.2. The molecule has 360 valence electrons. The van der Waals surface area contributed by atoms with Crippen molar-refractivity contribution in [3.8, 4) is 0 Å². The summed E-state index contributed by atoms with van der Waals surface area (Å²) in [5.41, 5.74) is 0. The van der Waals surface area contributed by atoms with Gasteiger partial charge in [-0.2, -0.15) is 0 Å². The first-order valence-corrected chi connectivity index (χ1v) is 26.0. The lowest BCUT2D eigenvalue weighted by atomic mass is 10.0. The summed E-state index contributed by atoms with van der Waals surface area (Å²) in [6.07, 6.45) is 66.2. The van der Waals surface area contributed by atoms with Gasteiger partial charge in [0.2, 0.25) is 5.91 Å². The number of ether oxygens (including phenoxy) is 1. The summed E-state index contributed by atoms with van der Waals surface area (Å²) >= 11 is 0. The van der Waals surface area contributed by atoms with E-state index in [1.165, 1.54) is 70.6 Å². The van der Waals surface area contributed by atoms with E-state index in [1.54, 1.807) is 0 Å². The Morgan fingerprint density at radius 3 is 1.30 bits per heavy atom. The van der Waals surface area contributed by atoms with E-state index in [1.807, 2.05) is 6.08 Å². The van der Waals surface area contributed by atoms with Gasteiger partial charge in [-0.1, -0.05) is 221 Å². The number of rotatable bonds is 45. The van der Waals surface area contributed by atoms with Crippen LogP contribution in [0.25, 0.3) is 0 Å². The first-order valence-electron chi connectivity index (χ1n) is 26.0. The minimum Gasteiger partial charge on any atom is -0.462 e. The van der Waals surface area contributed by atoms with Crippen molar-refractivity contribution in [2.24, 2.45) is 0 Å². The molecule has 0 aliphatic carbocycles. The number of amides is 1. The van der Waals surface area contributed by atoms with Crippen molar-refractivity contribution in [1.29, 1.82) is 0 Å². The molecule has 3 N–H and O–H groups in total. The second-order valence-electron chi connectivity index (χ2n) is 17.2. The van der Waals surface area contributed by atoms with Gasteiger partial charge < -0.3 is 20.3 Å². The molecule has 0 spiro atoms. The van der Waals surface area contributed by atoms with Crippen LogP contribution in [0, 0.1) is 0 Å². The lowest BCUT2D eigenvalue weighted by Crippen LogP contribution is -2.46. The van der Waals surface area contributed by atoms with Crippen molar-refractivity contribution in [2.45, 2.75) is 244 Å². The lowest BCUT2D eigenvalue weighted by Gasteiger charge is -2.24. The maximum absolute atomic E-state index is 13.2. The second-order valence-corrected chi connectivity index (χ2v) is 17.2. The molecule has 0 fully saturated rings. The Bertz CT molecular complexity index is 1260. The Hall–Kier alpha value is -3.22. The van der Waals surface area contributed by atoms with E-state index in [0.29, 0.717) is 19.3 Å². The van der Waals surface area contributed by atoms with Crippen molar-refractivity contribution >= 4 is 11.9 Å². The van der Waals surface area contributed by atoms with Gasteiger partial charge in [-0.15, -0.1) is 0 Å². The summed E-state index contributed by atoms with van der Waals surface area (Å²) < 4.78 is 5.88. The molecule has 0 saturated heterocycles. The molecule has 0 aromatic heterocycles. The quantitative estimate of drug-likeness (QED) is 0.0322. The minimum atomic E-state index is -0.811. The van der Waals surface area contributed by atoms with Crippen LogP contribution in [0.1, 0.15) is 226 Å². The zero-order valence-corrected chi connectivity index (χ0v) is 40.9. The van der Waals surface area contributed by atoms with Crippen LogP contribution in [-0.4, -0.2) is 46.9 Å². The Morgan fingerprint density at radius 1 is 0.476 bits per heavy atom. The molecule has 6 nitrogen and oxygen atoms in total. The largest absolute Gasteiger partial charge is 0.462 e. The summed E-state index contributed by atoms with van der Waals surface area (Å²) in [4.78, 5) is 26.1. The van der Waals surface area contributed by atoms with Crippen LogP contribution in [0.15, 0.2) is 97.2 Å². The average molecular weight is 876 g/mol. The number of unbranched alkanes of at least 4 members (excludes halogenated alkanes) is 17. The number of hydrogen-bond acceptors (Lipinski definition) is 5. The van der Waals surface area contributed by atoms with Gasteiger partial charge in [0.05, 0.1) is 25.2 Å². The SMILES string of the molecule is CC/C=C/C/C=C/C/C=C/C/C=C/C/C=C/CCC(=O)OC(CCCCCC/C=C/C/C=C/C/C=C/CC)CC(=O)NC(CO)C(O)CCCCCCCCCCCCCCCC. The van der Waals surface area contributed by atoms with Crippen molar-refractivity contribution in [3.63, 3.8) is 0 Å². The van der Waals surface area contributed by atoms with Crippen LogP contribution in [0.2, 0.25) is 0 Å². The van der Waals surface area contributed by atoms with Crippen LogP contribution in [-0.2, 0) is 14.3 Å². The van der Waals surface area contributed by atoms with Crippen LogP contribution in [0.5, 0.6) is 0 Å². The number of carbonyl (C=O) groups excluding carboxylic acids is 2. The molecule has 0 bridgehead atoms. The fourth-order valence-electron chi connectivity index (χ4n) is 7.32. The highest BCUT2D eigenvalue weighted by molar-refractivity contribution is 5.77. The Morgan fingerprint density at radius 2 is 0.857 bits per heavy atom. The topological polar surface area (TPSA) is 95.9 Å². The number of esters is 1. The van der Waals surface area contributed by atoms with Crippen molar-refractivity contribution in [3.05, 3.63) is 97.2 Å². The fraction of sp³-hybridized carbons (Fsp3) is 0.684. The summed E-state index contributed by atoms with van der Waals surface area (Å²) in [6.45, 7) is 6.23. The maximum atomic E-state index is 13.2. The van der Waals surface area contributed by atoms with Crippen LogP contribution >= 0.6 is 0 Å². The first kappa shape index (κ1) is 59.8. The van der Waals surface area contributed by atoms with Gasteiger partial charge in [0.1, 0.15) is 6.10 Å². The van der Waals surface area contributed by atoms with Crippen molar-refractivity contribution in [2.75, 3.05) is 6.61 Å². The Balaban J connectivity index is 4.73. The summed E-state index contributed by atoms with van der Waals surface area (Å²) in [5, 5.41) is 23.8. The molecule has 1 amide bonds. The maximum Gasteiger partial charge on any atom is 0.306 e.